The highest BCUT2D eigenvalue weighted by Crippen LogP contribution is 2.14. The lowest BCUT2D eigenvalue weighted by Gasteiger charge is -2.18. The van der Waals surface area contributed by atoms with Crippen molar-refractivity contribution >= 4 is 5.91 Å². The van der Waals surface area contributed by atoms with Crippen LogP contribution in [0.3, 0.4) is 0 Å². The average molecular weight is 286 g/mol. The molecule has 1 amide bonds. The smallest absolute Gasteiger partial charge is 0.256 e. The Balaban J connectivity index is 2.17. The number of nitrogens with two attached hydrogens (primary N) is 1. The SMILES string of the molecule is Cc1ccc(F)c(C(=O)N(C)Cc2cccc(CN)c2)c1. The summed E-state index contributed by atoms with van der Waals surface area (Å²) in [5.41, 5.74) is 8.55. The molecule has 3 nitrogen and oxygen atoms in total. The molecule has 0 aliphatic carbocycles. The van der Waals surface area contributed by atoms with Gasteiger partial charge in [0.2, 0.25) is 0 Å². The molecular weight excluding hydrogens is 267 g/mol. The summed E-state index contributed by atoms with van der Waals surface area (Å²) in [7, 11) is 1.67. The highest BCUT2D eigenvalue weighted by molar-refractivity contribution is 5.94. The van der Waals surface area contributed by atoms with Gasteiger partial charge in [0.25, 0.3) is 5.91 Å². The molecule has 0 aliphatic heterocycles. The van der Waals surface area contributed by atoms with E-state index in [4.69, 9.17) is 5.73 Å². The predicted molar refractivity (Wildman–Crippen MR) is 81.3 cm³/mol. The van der Waals surface area contributed by atoms with Gasteiger partial charge in [0.1, 0.15) is 5.82 Å². The molecule has 2 N–H and O–H groups in total. The first-order valence-electron chi connectivity index (χ1n) is 6.80. The fourth-order valence-electron chi connectivity index (χ4n) is 2.21. The number of hydrogen-bond donors (Lipinski definition) is 1. The first-order valence-corrected chi connectivity index (χ1v) is 6.80. The fraction of sp³-hybridized carbons (Fsp3) is 0.235. The van der Waals surface area contributed by atoms with Crippen LogP contribution in [0.5, 0.6) is 0 Å². The molecule has 0 aliphatic rings. The number of nitrogens with zero attached hydrogens (tertiary/aromatic N) is 1. The maximum absolute atomic E-state index is 13.8. The number of aryl methyl sites for hydroxylation is 1. The molecular formula is C17H19FN2O. The van der Waals surface area contributed by atoms with Gasteiger partial charge in [-0.15, -0.1) is 0 Å². The zero-order valence-corrected chi connectivity index (χ0v) is 12.3. The molecule has 110 valence electrons. The molecule has 0 saturated heterocycles. The molecule has 0 aromatic heterocycles. The van der Waals surface area contributed by atoms with Gasteiger partial charge in [0.05, 0.1) is 5.56 Å². The Morgan fingerprint density at radius 2 is 1.90 bits per heavy atom. The fourth-order valence-corrected chi connectivity index (χ4v) is 2.21. The quantitative estimate of drug-likeness (QED) is 0.939. The van der Waals surface area contributed by atoms with E-state index in [-0.39, 0.29) is 11.5 Å². The Morgan fingerprint density at radius 3 is 2.62 bits per heavy atom. The third-order valence-corrected chi connectivity index (χ3v) is 3.35. The molecule has 0 atom stereocenters. The van der Waals surface area contributed by atoms with Crippen molar-refractivity contribution in [3.63, 3.8) is 0 Å². The summed E-state index contributed by atoms with van der Waals surface area (Å²) in [6.45, 7) is 2.71. The van der Waals surface area contributed by atoms with Gasteiger partial charge in [-0.1, -0.05) is 35.9 Å². The van der Waals surface area contributed by atoms with Gasteiger partial charge in [0.15, 0.2) is 0 Å². The lowest BCUT2D eigenvalue weighted by atomic mass is 10.1. The van der Waals surface area contributed by atoms with E-state index in [0.717, 1.165) is 16.7 Å². The molecule has 0 unspecified atom stereocenters. The summed E-state index contributed by atoms with van der Waals surface area (Å²) < 4.78 is 13.8. The third-order valence-electron chi connectivity index (χ3n) is 3.35. The molecule has 0 spiro atoms. The van der Waals surface area contributed by atoms with E-state index in [2.05, 4.69) is 0 Å². The first kappa shape index (κ1) is 15.2. The van der Waals surface area contributed by atoms with Crippen LogP contribution in [0.1, 0.15) is 27.0 Å². The lowest BCUT2D eigenvalue weighted by Crippen LogP contribution is -2.27. The van der Waals surface area contributed by atoms with Gasteiger partial charge in [-0.25, -0.2) is 4.39 Å². The largest absolute Gasteiger partial charge is 0.337 e. The van der Waals surface area contributed by atoms with Crippen molar-refractivity contribution in [1.82, 2.24) is 4.90 Å². The van der Waals surface area contributed by atoms with Crippen molar-refractivity contribution in [3.05, 3.63) is 70.5 Å². The second-order valence-electron chi connectivity index (χ2n) is 5.17. The van der Waals surface area contributed by atoms with Crippen LogP contribution in [-0.2, 0) is 13.1 Å². The standard InChI is InChI=1S/C17H19FN2O/c1-12-6-7-16(18)15(8-12)17(21)20(2)11-14-5-3-4-13(9-14)10-19/h3-9H,10-11,19H2,1-2H3. The van der Waals surface area contributed by atoms with Crippen molar-refractivity contribution in [3.8, 4) is 0 Å². The number of rotatable bonds is 4. The Kier molecular flexibility index (Phi) is 4.70. The first-order chi connectivity index (χ1) is 10.0. The second-order valence-corrected chi connectivity index (χ2v) is 5.17. The van der Waals surface area contributed by atoms with E-state index < -0.39 is 5.82 Å². The van der Waals surface area contributed by atoms with Gasteiger partial charge in [-0.3, -0.25) is 4.79 Å². The van der Waals surface area contributed by atoms with Crippen LogP contribution in [0.4, 0.5) is 4.39 Å². The van der Waals surface area contributed by atoms with E-state index >= 15 is 0 Å². The summed E-state index contributed by atoms with van der Waals surface area (Å²) >= 11 is 0. The van der Waals surface area contributed by atoms with Crippen LogP contribution in [-0.4, -0.2) is 17.9 Å². The molecule has 0 radical (unpaired) electrons. The molecule has 0 saturated carbocycles. The molecule has 0 bridgehead atoms. The van der Waals surface area contributed by atoms with Crippen molar-refractivity contribution in [1.29, 1.82) is 0 Å². The van der Waals surface area contributed by atoms with Crippen LogP contribution in [0.25, 0.3) is 0 Å². The van der Waals surface area contributed by atoms with Crippen molar-refractivity contribution in [2.45, 2.75) is 20.0 Å². The van der Waals surface area contributed by atoms with Crippen molar-refractivity contribution in [2.75, 3.05) is 7.05 Å². The molecule has 0 fully saturated rings. The van der Waals surface area contributed by atoms with Crippen molar-refractivity contribution in [2.24, 2.45) is 5.73 Å². The minimum absolute atomic E-state index is 0.104. The Bertz CT molecular complexity index is 655. The summed E-state index contributed by atoms with van der Waals surface area (Å²) in [6, 6.07) is 12.3. The summed E-state index contributed by atoms with van der Waals surface area (Å²) in [6.07, 6.45) is 0. The van der Waals surface area contributed by atoms with Crippen LogP contribution < -0.4 is 5.73 Å². The number of hydrogen-bond acceptors (Lipinski definition) is 2. The predicted octanol–water partition coefficient (Wildman–Crippen LogP) is 2.87. The summed E-state index contributed by atoms with van der Waals surface area (Å²) in [5, 5.41) is 0. The van der Waals surface area contributed by atoms with Crippen LogP contribution >= 0.6 is 0 Å². The van der Waals surface area contributed by atoms with E-state index in [1.165, 1.54) is 11.0 Å². The monoisotopic (exact) mass is 286 g/mol. The lowest BCUT2D eigenvalue weighted by molar-refractivity contribution is 0.0780. The average Bonchev–Trinajstić information content (AvgIpc) is 2.49. The van der Waals surface area contributed by atoms with E-state index in [0.29, 0.717) is 13.1 Å². The van der Waals surface area contributed by atoms with Crippen LogP contribution in [0.2, 0.25) is 0 Å². The second kappa shape index (κ2) is 6.50. The minimum atomic E-state index is -0.492. The maximum Gasteiger partial charge on any atom is 0.256 e. The molecule has 21 heavy (non-hydrogen) atoms. The zero-order chi connectivity index (χ0) is 15.4. The van der Waals surface area contributed by atoms with Gasteiger partial charge in [-0.05, 0) is 30.2 Å². The van der Waals surface area contributed by atoms with E-state index in [9.17, 15) is 9.18 Å². The molecule has 2 aromatic rings. The summed E-state index contributed by atoms with van der Waals surface area (Å²) in [4.78, 5) is 13.8. The number of amides is 1. The molecule has 4 heteroatoms. The maximum atomic E-state index is 13.8. The number of halogens is 1. The Morgan fingerprint density at radius 1 is 1.19 bits per heavy atom. The summed E-state index contributed by atoms with van der Waals surface area (Å²) in [5.74, 6) is -0.817. The van der Waals surface area contributed by atoms with E-state index in [1.807, 2.05) is 31.2 Å². The van der Waals surface area contributed by atoms with Gasteiger partial charge < -0.3 is 10.6 Å². The van der Waals surface area contributed by atoms with Crippen LogP contribution in [0.15, 0.2) is 42.5 Å². The third kappa shape index (κ3) is 3.67. The zero-order valence-electron chi connectivity index (χ0n) is 12.3. The molecule has 2 aromatic carbocycles. The van der Waals surface area contributed by atoms with Crippen LogP contribution in [0, 0.1) is 12.7 Å². The van der Waals surface area contributed by atoms with Gasteiger partial charge in [0, 0.05) is 20.1 Å². The van der Waals surface area contributed by atoms with Gasteiger partial charge in [-0.2, -0.15) is 0 Å². The van der Waals surface area contributed by atoms with E-state index in [1.54, 1.807) is 19.2 Å². The highest BCUT2D eigenvalue weighted by Gasteiger charge is 2.16. The number of carbonyl (C=O) groups excluding carboxylic acids is 1. The number of carbonyl (C=O) groups is 1. The van der Waals surface area contributed by atoms with Crippen molar-refractivity contribution < 1.29 is 9.18 Å². The topological polar surface area (TPSA) is 46.3 Å². The number of benzene rings is 2. The Labute approximate surface area is 124 Å². The highest BCUT2D eigenvalue weighted by atomic mass is 19.1. The molecule has 0 heterocycles. The minimum Gasteiger partial charge on any atom is -0.337 e. The normalized spacial score (nSPS) is 10.5. The Hall–Kier alpha value is -2.20. The van der Waals surface area contributed by atoms with Gasteiger partial charge >= 0.3 is 0 Å². The molecule has 2 rings (SSSR count).